The molecule has 0 N–H and O–H groups in total. The van der Waals surface area contributed by atoms with Gasteiger partial charge in [-0.1, -0.05) is 12.1 Å². The molecule has 2 aromatic heterocycles. The third-order valence-corrected chi connectivity index (χ3v) is 4.62. The summed E-state index contributed by atoms with van der Waals surface area (Å²) in [6.07, 6.45) is 0. The number of aromatic nitrogens is 2. The highest BCUT2D eigenvalue weighted by Gasteiger charge is 2.18. The first-order valence-electron chi connectivity index (χ1n) is 6.85. The molecule has 114 valence electrons. The van der Waals surface area contributed by atoms with Crippen LogP contribution in [0.4, 0.5) is 8.78 Å². The molecule has 0 amide bonds. The Bertz CT molecular complexity index is 897. The zero-order chi connectivity index (χ0) is 15.9. The third kappa shape index (κ3) is 2.33. The normalized spacial score (nSPS) is 11.3. The lowest BCUT2D eigenvalue weighted by atomic mass is 10.0. The number of hydrogen-bond acceptors (Lipinski definition) is 3. The number of nitrogens with zero attached hydrogens (tertiary/aromatic N) is 2. The van der Waals surface area contributed by atoms with Gasteiger partial charge in [-0.25, -0.2) is 13.8 Å². The number of hydrogen-bond donors (Lipinski definition) is 0. The zero-order valence-electron chi connectivity index (χ0n) is 12.2. The van der Waals surface area contributed by atoms with Gasteiger partial charge in [0.2, 0.25) is 0 Å². The number of halogens is 2. The minimum Gasteiger partial charge on any atom is -0.294 e. The summed E-state index contributed by atoms with van der Waals surface area (Å²) in [7, 11) is 0. The molecule has 0 radical (unpaired) electrons. The first-order valence-corrected chi connectivity index (χ1v) is 7.67. The molecule has 0 aliphatic heterocycles. The van der Waals surface area contributed by atoms with E-state index in [0.29, 0.717) is 16.0 Å². The van der Waals surface area contributed by atoms with Crippen LogP contribution in [0.1, 0.15) is 10.7 Å². The zero-order valence-corrected chi connectivity index (χ0v) is 13.0. The quantitative estimate of drug-likeness (QED) is 0.735. The minimum absolute atomic E-state index is 0.00857. The van der Waals surface area contributed by atoms with E-state index in [4.69, 9.17) is 0 Å². The van der Waals surface area contributed by atoms with Crippen molar-refractivity contribution in [2.45, 2.75) is 20.4 Å². The van der Waals surface area contributed by atoms with Crippen LogP contribution < -0.4 is 5.56 Å². The molecule has 0 unspecified atom stereocenters. The number of rotatable bonds is 3. The van der Waals surface area contributed by atoms with Crippen LogP contribution in [0, 0.1) is 19.7 Å². The van der Waals surface area contributed by atoms with Crippen molar-refractivity contribution >= 4 is 21.6 Å². The van der Waals surface area contributed by atoms with E-state index in [9.17, 15) is 13.6 Å². The van der Waals surface area contributed by atoms with E-state index in [1.807, 2.05) is 6.92 Å². The summed E-state index contributed by atoms with van der Waals surface area (Å²) < 4.78 is 27.2. The molecule has 0 aliphatic rings. The minimum atomic E-state index is -0.622. The summed E-state index contributed by atoms with van der Waals surface area (Å²) in [5.41, 5.74) is 1.27. The summed E-state index contributed by atoms with van der Waals surface area (Å²) in [5.74, 6) is 0.173. The second kappa shape index (κ2) is 5.61. The second-order valence-electron chi connectivity index (χ2n) is 5.03. The van der Waals surface area contributed by atoms with Gasteiger partial charge < -0.3 is 0 Å². The maximum Gasteiger partial charge on any atom is 0.262 e. The molecular formula is C16H14F2N2OS. The van der Waals surface area contributed by atoms with Crippen LogP contribution >= 0.6 is 11.3 Å². The van der Waals surface area contributed by atoms with Crippen LogP contribution in [0.15, 0.2) is 29.1 Å². The summed E-state index contributed by atoms with van der Waals surface area (Å²) in [5, 5.41) is 0.480. The third-order valence-electron chi connectivity index (χ3n) is 3.62. The van der Waals surface area contributed by atoms with Crippen molar-refractivity contribution in [3.63, 3.8) is 0 Å². The average molecular weight is 320 g/mol. The Hall–Kier alpha value is -2.08. The van der Waals surface area contributed by atoms with Gasteiger partial charge in [0.15, 0.2) is 0 Å². The number of alkyl halides is 1. The van der Waals surface area contributed by atoms with E-state index in [1.165, 1.54) is 28.0 Å². The van der Waals surface area contributed by atoms with Crippen molar-refractivity contribution in [2.24, 2.45) is 0 Å². The molecule has 3 nitrogen and oxygen atoms in total. The number of aryl methyl sites for hydroxylation is 2. The van der Waals surface area contributed by atoms with E-state index in [-0.39, 0.29) is 17.9 Å². The lowest BCUT2D eigenvalue weighted by Gasteiger charge is -2.08. The summed E-state index contributed by atoms with van der Waals surface area (Å²) in [4.78, 5) is 18.7. The van der Waals surface area contributed by atoms with Crippen molar-refractivity contribution in [1.29, 1.82) is 0 Å². The lowest BCUT2D eigenvalue weighted by Crippen LogP contribution is -2.24. The fourth-order valence-electron chi connectivity index (χ4n) is 2.61. The molecule has 0 aliphatic carbocycles. The van der Waals surface area contributed by atoms with Crippen LogP contribution in [0.2, 0.25) is 0 Å². The van der Waals surface area contributed by atoms with Gasteiger partial charge in [0.25, 0.3) is 5.56 Å². The van der Waals surface area contributed by atoms with Crippen molar-refractivity contribution in [3.8, 4) is 11.1 Å². The van der Waals surface area contributed by atoms with E-state index in [2.05, 4.69) is 4.98 Å². The molecule has 2 heterocycles. The highest BCUT2D eigenvalue weighted by molar-refractivity contribution is 7.19. The standard InChI is InChI=1S/C16H14F2N2OS/c1-9-13(11-3-5-12(18)6-4-11)14-15(22-9)19-10(2)20(8-7-17)16(14)21/h3-6H,7-8H2,1-2H3. The van der Waals surface area contributed by atoms with Crippen LogP contribution in [0.25, 0.3) is 21.3 Å². The van der Waals surface area contributed by atoms with Crippen molar-refractivity contribution in [3.05, 3.63) is 51.1 Å². The fraction of sp³-hybridized carbons (Fsp3) is 0.250. The van der Waals surface area contributed by atoms with Crippen LogP contribution in [-0.4, -0.2) is 16.2 Å². The summed E-state index contributed by atoms with van der Waals surface area (Å²) in [6, 6.07) is 6.01. The van der Waals surface area contributed by atoms with E-state index >= 15 is 0 Å². The van der Waals surface area contributed by atoms with Crippen LogP contribution in [0.5, 0.6) is 0 Å². The molecule has 0 spiro atoms. The Morgan fingerprint density at radius 3 is 2.55 bits per heavy atom. The van der Waals surface area contributed by atoms with E-state index < -0.39 is 6.67 Å². The summed E-state index contributed by atoms with van der Waals surface area (Å²) in [6.45, 7) is 2.97. The molecule has 0 saturated carbocycles. The number of benzene rings is 1. The van der Waals surface area contributed by atoms with Crippen LogP contribution in [0.3, 0.4) is 0 Å². The highest BCUT2D eigenvalue weighted by atomic mass is 32.1. The largest absolute Gasteiger partial charge is 0.294 e. The Kier molecular flexibility index (Phi) is 3.78. The van der Waals surface area contributed by atoms with Crippen molar-refractivity contribution in [1.82, 2.24) is 9.55 Å². The molecule has 0 atom stereocenters. The van der Waals surface area contributed by atoms with Gasteiger partial charge in [-0.2, -0.15) is 0 Å². The van der Waals surface area contributed by atoms with Crippen molar-refractivity contribution in [2.75, 3.05) is 6.67 Å². The maximum atomic E-state index is 13.1. The summed E-state index contributed by atoms with van der Waals surface area (Å²) >= 11 is 1.42. The average Bonchev–Trinajstić information content (AvgIpc) is 2.80. The molecule has 0 bridgehead atoms. The fourth-order valence-corrected chi connectivity index (χ4v) is 3.69. The molecule has 0 fully saturated rings. The van der Waals surface area contributed by atoms with Gasteiger partial charge in [0.1, 0.15) is 23.1 Å². The lowest BCUT2D eigenvalue weighted by molar-refractivity contribution is 0.435. The highest BCUT2D eigenvalue weighted by Crippen LogP contribution is 2.35. The van der Waals surface area contributed by atoms with E-state index in [0.717, 1.165) is 16.0 Å². The predicted octanol–water partition coefficient (Wildman–Crippen LogP) is 3.85. The molecular weight excluding hydrogens is 306 g/mol. The number of fused-ring (bicyclic) bond motifs is 1. The van der Waals surface area contributed by atoms with Gasteiger partial charge in [0, 0.05) is 10.4 Å². The molecule has 0 saturated heterocycles. The van der Waals surface area contributed by atoms with Gasteiger partial charge in [0.05, 0.1) is 11.9 Å². The first-order chi connectivity index (χ1) is 10.5. The van der Waals surface area contributed by atoms with Crippen molar-refractivity contribution < 1.29 is 8.78 Å². The smallest absolute Gasteiger partial charge is 0.262 e. The molecule has 3 rings (SSSR count). The Morgan fingerprint density at radius 1 is 1.23 bits per heavy atom. The first kappa shape index (κ1) is 14.8. The Morgan fingerprint density at radius 2 is 1.91 bits per heavy atom. The molecule has 3 aromatic rings. The topological polar surface area (TPSA) is 34.9 Å². The van der Waals surface area contributed by atoms with Gasteiger partial charge >= 0.3 is 0 Å². The Labute approximate surface area is 129 Å². The van der Waals surface area contributed by atoms with Gasteiger partial charge in [-0.05, 0) is 31.5 Å². The number of thiophene rings is 1. The van der Waals surface area contributed by atoms with E-state index in [1.54, 1.807) is 19.1 Å². The molecule has 1 aromatic carbocycles. The van der Waals surface area contributed by atoms with Crippen LogP contribution in [-0.2, 0) is 6.54 Å². The van der Waals surface area contributed by atoms with Gasteiger partial charge in [-0.15, -0.1) is 11.3 Å². The SMILES string of the molecule is Cc1sc2nc(C)n(CCF)c(=O)c2c1-c1ccc(F)cc1. The van der Waals surface area contributed by atoms with Gasteiger partial charge in [-0.3, -0.25) is 9.36 Å². The Balaban J connectivity index is 2.35. The molecule has 22 heavy (non-hydrogen) atoms. The maximum absolute atomic E-state index is 13.1. The molecule has 6 heteroatoms. The second-order valence-corrected chi connectivity index (χ2v) is 6.23. The monoisotopic (exact) mass is 320 g/mol. The predicted molar refractivity (Wildman–Crippen MR) is 84.7 cm³/mol.